The van der Waals surface area contributed by atoms with Crippen LogP contribution in [0.3, 0.4) is 0 Å². The molecule has 0 bridgehead atoms. The SMILES string of the molecule is O=C(CC1C=CCC1)NCCCOC1CCCCC1. The molecule has 1 unspecified atom stereocenters. The van der Waals surface area contributed by atoms with Gasteiger partial charge < -0.3 is 10.1 Å². The number of carbonyl (C=O) groups is 1. The van der Waals surface area contributed by atoms with Crippen molar-refractivity contribution in [3.8, 4) is 0 Å². The van der Waals surface area contributed by atoms with Gasteiger partial charge in [-0.1, -0.05) is 31.4 Å². The molecule has 0 heterocycles. The second-order valence-electron chi connectivity index (χ2n) is 5.80. The van der Waals surface area contributed by atoms with E-state index in [-0.39, 0.29) is 5.91 Å². The van der Waals surface area contributed by atoms with Crippen LogP contribution >= 0.6 is 0 Å². The van der Waals surface area contributed by atoms with E-state index in [4.69, 9.17) is 4.74 Å². The molecule has 2 aliphatic rings. The molecule has 2 rings (SSSR count). The highest BCUT2D eigenvalue weighted by Gasteiger charge is 2.14. The molecular weight excluding hydrogens is 238 g/mol. The van der Waals surface area contributed by atoms with Crippen molar-refractivity contribution in [1.29, 1.82) is 0 Å². The molecule has 0 aromatic rings. The monoisotopic (exact) mass is 265 g/mol. The van der Waals surface area contributed by atoms with Gasteiger partial charge in [0.05, 0.1) is 6.10 Å². The quantitative estimate of drug-likeness (QED) is 0.567. The minimum atomic E-state index is 0.189. The number of hydrogen-bond acceptors (Lipinski definition) is 2. The molecule has 0 aromatic heterocycles. The number of ether oxygens (including phenoxy) is 1. The summed E-state index contributed by atoms with van der Waals surface area (Å²) in [6.07, 6.45) is 15.1. The van der Waals surface area contributed by atoms with E-state index in [2.05, 4.69) is 17.5 Å². The minimum Gasteiger partial charge on any atom is -0.378 e. The van der Waals surface area contributed by atoms with Crippen LogP contribution in [0.25, 0.3) is 0 Å². The van der Waals surface area contributed by atoms with Gasteiger partial charge in [-0.2, -0.15) is 0 Å². The van der Waals surface area contributed by atoms with Gasteiger partial charge in [0.1, 0.15) is 0 Å². The molecule has 108 valence electrons. The van der Waals surface area contributed by atoms with Crippen LogP contribution in [-0.4, -0.2) is 25.2 Å². The zero-order chi connectivity index (χ0) is 13.3. The molecule has 3 heteroatoms. The first-order chi connectivity index (χ1) is 9.34. The second kappa shape index (κ2) is 8.36. The molecule has 0 spiro atoms. The van der Waals surface area contributed by atoms with Crippen molar-refractivity contribution in [3.05, 3.63) is 12.2 Å². The summed E-state index contributed by atoms with van der Waals surface area (Å²) in [5.41, 5.74) is 0. The Hall–Kier alpha value is -0.830. The lowest BCUT2D eigenvalue weighted by molar-refractivity contribution is -0.121. The highest BCUT2D eigenvalue weighted by molar-refractivity contribution is 5.76. The fourth-order valence-electron chi connectivity index (χ4n) is 2.96. The highest BCUT2D eigenvalue weighted by Crippen LogP contribution is 2.21. The molecule has 3 nitrogen and oxygen atoms in total. The topological polar surface area (TPSA) is 38.3 Å². The Morgan fingerprint density at radius 3 is 2.79 bits per heavy atom. The summed E-state index contributed by atoms with van der Waals surface area (Å²) in [5.74, 6) is 0.660. The molecule has 1 fully saturated rings. The van der Waals surface area contributed by atoms with Gasteiger partial charge in [0, 0.05) is 19.6 Å². The van der Waals surface area contributed by atoms with E-state index in [0.29, 0.717) is 18.4 Å². The maximum absolute atomic E-state index is 11.7. The predicted molar refractivity (Wildman–Crippen MR) is 76.9 cm³/mol. The molecule has 1 amide bonds. The van der Waals surface area contributed by atoms with Gasteiger partial charge in [0.15, 0.2) is 0 Å². The van der Waals surface area contributed by atoms with Crippen LogP contribution in [0.4, 0.5) is 0 Å². The van der Waals surface area contributed by atoms with Gasteiger partial charge in [-0.05, 0) is 38.0 Å². The molecule has 19 heavy (non-hydrogen) atoms. The van der Waals surface area contributed by atoms with Gasteiger partial charge in [0.2, 0.25) is 5.91 Å². The van der Waals surface area contributed by atoms with Crippen LogP contribution in [0.2, 0.25) is 0 Å². The molecule has 1 saturated carbocycles. The summed E-state index contributed by atoms with van der Waals surface area (Å²) in [6.45, 7) is 1.54. The number of rotatable bonds is 7. The van der Waals surface area contributed by atoms with Crippen LogP contribution in [0, 0.1) is 5.92 Å². The van der Waals surface area contributed by atoms with Crippen molar-refractivity contribution in [2.75, 3.05) is 13.2 Å². The van der Waals surface area contributed by atoms with Crippen LogP contribution < -0.4 is 5.32 Å². The average Bonchev–Trinajstić information content (AvgIpc) is 2.92. The van der Waals surface area contributed by atoms with Gasteiger partial charge in [-0.15, -0.1) is 0 Å². The van der Waals surface area contributed by atoms with E-state index in [9.17, 15) is 4.79 Å². The Balaban J connectivity index is 1.44. The molecule has 0 aromatic carbocycles. The normalized spacial score (nSPS) is 23.7. The van der Waals surface area contributed by atoms with E-state index in [1.807, 2.05) is 0 Å². The third-order valence-electron chi connectivity index (χ3n) is 4.11. The zero-order valence-corrected chi connectivity index (χ0v) is 11.9. The molecule has 0 radical (unpaired) electrons. The predicted octanol–water partition coefficient (Wildman–Crippen LogP) is 3.20. The summed E-state index contributed by atoms with van der Waals surface area (Å²) in [4.78, 5) is 11.7. The summed E-state index contributed by atoms with van der Waals surface area (Å²) < 4.78 is 5.84. The lowest BCUT2D eigenvalue weighted by atomic mass is 9.98. The van der Waals surface area contributed by atoms with Crippen molar-refractivity contribution >= 4 is 5.91 Å². The fourth-order valence-corrected chi connectivity index (χ4v) is 2.96. The van der Waals surface area contributed by atoms with Gasteiger partial charge in [0.25, 0.3) is 0 Å². The van der Waals surface area contributed by atoms with E-state index in [1.54, 1.807) is 0 Å². The van der Waals surface area contributed by atoms with E-state index in [0.717, 1.165) is 32.4 Å². The van der Waals surface area contributed by atoms with Crippen molar-refractivity contribution in [2.24, 2.45) is 5.92 Å². The first-order valence-corrected chi connectivity index (χ1v) is 7.89. The molecule has 1 N–H and O–H groups in total. The van der Waals surface area contributed by atoms with Crippen LogP contribution in [0.1, 0.15) is 57.8 Å². The Morgan fingerprint density at radius 2 is 2.05 bits per heavy atom. The van der Waals surface area contributed by atoms with Crippen LogP contribution in [0.5, 0.6) is 0 Å². The average molecular weight is 265 g/mol. The lowest BCUT2D eigenvalue weighted by Crippen LogP contribution is -2.27. The van der Waals surface area contributed by atoms with Crippen LogP contribution in [-0.2, 0) is 9.53 Å². The Kier molecular flexibility index (Phi) is 6.42. The molecular formula is C16H27NO2. The first kappa shape index (κ1) is 14.6. The zero-order valence-electron chi connectivity index (χ0n) is 11.9. The number of allylic oxidation sites excluding steroid dienone is 2. The summed E-state index contributed by atoms with van der Waals surface area (Å²) in [5, 5.41) is 2.99. The molecule has 2 aliphatic carbocycles. The van der Waals surface area contributed by atoms with Gasteiger partial charge in [-0.3, -0.25) is 4.79 Å². The Labute approximate surface area is 116 Å². The summed E-state index contributed by atoms with van der Waals surface area (Å²) in [6, 6.07) is 0. The molecule has 0 aliphatic heterocycles. The highest BCUT2D eigenvalue weighted by atomic mass is 16.5. The smallest absolute Gasteiger partial charge is 0.220 e. The largest absolute Gasteiger partial charge is 0.378 e. The number of hydrogen-bond donors (Lipinski definition) is 1. The number of amides is 1. The Morgan fingerprint density at radius 1 is 1.21 bits per heavy atom. The van der Waals surface area contributed by atoms with Crippen molar-refractivity contribution in [2.45, 2.75) is 63.9 Å². The minimum absolute atomic E-state index is 0.189. The van der Waals surface area contributed by atoms with Crippen molar-refractivity contribution < 1.29 is 9.53 Å². The van der Waals surface area contributed by atoms with Crippen LogP contribution in [0.15, 0.2) is 12.2 Å². The van der Waals surface area contributed by atoms with Gasteiger partial charge in [-0.25, -0.2) is 0 Å². The standard InChI is InChI=1S/C16H27NO2/c18-16(13-14-7-4-5-8-14)17-11-6-12-19-15-9-2-1-3-10-15/h4,7,14-15H,1-3,5-6,8-13H2,(H,17,18). The first-order valence-electron chi connectivity index (χ1n) is 7.89. The van der Waals surface area contributed by atoms with Crippen molar-refractivity contribution in [1.82, 2.24) is 5.32 Å². The fraction of sp³-hybridized carbons (Fsp3) is 0.812. The van der Waals surface area contributed by atoms with E-state index in [1.165, 1.54) is 32.1 Å². The Bertz CT molecular complexity index is 295. The van der Waals surface area contributed by atoms with Gasteiger partial charge >= 0.3 is 0 Å². The van der Waals surface area contributed by atoms with E-state index >= 15 is 0 Å². The number of carbonyl (C=O) groups excluding carboxylic acids is 1. The summed E-state index contributed by atoms with van der Waals surface area (Å²) >= 11 is 0. The second-order valence-corrected chi connectivity index (χ2v) is 5.80. The maximum atomic E-state index is 11.7. The molecule has 0 saturated heterocycles. The third-order valence-corrected chi connectivity index (χ3v) is 4.11. The van der Waals surface area contributed by atoms with Crippen molar-refractivity contribution in [3.63, 3.8) is 0 Å². The third kappa shape index (κ3) is 5.77. The summed E-state index contributed by atoms with van der Waals surface area (Å²) in [7, 11) is 0. The number of nitrogens with one attached hydrogen (secondary N) is 1. The lowest BCUT2D eigenvalue weighted by Gasteiger charge is -2.21. The molecule has 1 atom stereocenters. The maximum Gasteiger partial charge on any atom is 0.220 e. The van der Waals surface area contributed by atoms with E-state index < -0.39 is 0 Å².